The van der Waals surface area contributed by atoms with E-state index in [9.17, 15) is 0 Å². The van der Waals surface area contributed by atoms with Crippen LogP contribution in [0.5, 0.6) is 0 Å². The van der Waals surface area contributed by atoms with E-state index in [0.29, 0.717) is 0 Å². The summed E-state index contributed by atoms with van der Waals surface area (Å²) in [6.45, 7) is -0.545. The molecule has 0 aromatic carbocycles. The molecule has 0 rings (SSSR count). The van der Waals surface area contributed by atoms with E-state index in [1.165, 1.54) is 0 Å². The third kappa shape index (κ3) is 2.95. The van der Waals surface area contributed by atoms with Crippen molar-refractivity contribution < 1.29 is 5.11 Å². The second kappa shape index (κ2) is 3.08. The van der Waals surface area contributed by atoms with Crippen LogP contribution >= 0.6 is 34.8 Å². The van der Waals surface area contributed by atoms with Crippen LogP contribution in [0, 0.1) is 0 Å². The number of nitrogens with zero attached hydrogens (tertiary/aromatic N) is 1. The van der Waals surface area contributed by atoms with Gasteiger partial charge in [0, 0.05) is 0 Å². The molecule has 0 spiro atoms. The molecule has 5 heteroatoms. The summed E-state index contributed by atoms with van der Waals surface area (Å²) < 4.78 is -1.77. The maximum Gasteiger partial charge on any atom is 0.217 e. The molecule has 0 saturated heterocycles. The van der Waals surface area contributed by atoms with Gasteiger partial charge in [0.1, 0.15) is 6.10 Å². The lowest BCUT2D eigenvalue weighted by atomic mass is 10.4. The fraction of sp³-hybridized carbons (Fsp3) is 1.00. The highest BCUT2D eigenvalue weighted by atomic mass is 35.6. The van der Waals surface area contributed by atoms with Gasteiger partial charge in [0.2, 0.25) is 3.79 Å². The fourth-order valence-electron chi connectivity index (χ4n) is 0.104. The lowest BCUT2D eigenvalue weighted by Gasteiger charge is -2.14. The Kier molecular flexibility index (Phi) is 3.39. The smallest absolute Gasteiger partial charge is 0.217 e. The van der Waals surface area contributed by atoms with Gasteiger partial charge in [-0.05, 0) is 0 Å². The molecule has 1 N–H and O–H groups in total. The summed E-state index contributed by atoms with van der Waals surface area (Å²) in [5.41, 5.74) is 8.17. The fourth-order valence-corrected chi connectivity index (χ4v) is 0.311. The van der Waals surface area contributed by atoms with Crippen molar-refractivity contribution >= 4 is 34.8 Å². The average Bonchev–Trinajstić information content (AvgIpc) is 1.62. The van der Waals surface area contributed by atoms with Crippen LogP contribution in [0.1, 0.15) is 0 Å². The van der Waals surface area contributed by atoms with E-state index < -0.39 is 16.4 Å². The second-order valence-corrected chi connectivity index (χ2v) is 3.61. The molecule has 0 aliphatic heterocycles. The van der Waals surface area contributed by atoms with Crippen molar-refractivity contribution in [2.24, 2.45) is 0 Å². The lowest BCUT2D eigenvalue weighted by molar-refractivity contribution is 0.185. The maximum absolute atomic E-state index is 8.55. The number of halogens is 3. The zero-order valence-electron chi connectivity index (χ0n) is 3.81. The van der Waals surface area contributed by atoms with Gasteiger partial charge in [-0.2, -0.15) is 0 Å². The molecule has 1 unspecified atom stereocenters. The van der Waals surface area contributed by atoms with Gasteiger partial charge in [-0.3, -0.25) is 0 Å². The molecular weight excluding hydrogens is 172 g/mol. The van der Waals surface area contributed by atoms with Gasteiger partial charge in [-0.25, -0.2) is 0 Å². The van der Waals surface area contributed by atoms with Crippen molar-refractivity contribution in [2.75, 3.05) is 6.54 Å². The van der Waals surface area contributed by atoms with Crippen LogP contribution < -0.4 is 5.73 Å². The monoisotopic (exact) mass is 175 g/mol. The molecule has 0 aliphatic rings. The zero-order chi connectivity index (χ0) is 6.78. The molecule has 0 saturated carbocycles. The first-order chi connectivity index (χ1) is 3.48. The molecule has 0 aromatic rings. The van der Waals surface area contributed by atoms with E-state index in [4.69, 9.17) is 45.6 Å². The standard InChI is InChI=1S/C3H4Cl3NO/c4-3(5,6)2(8)1-7/h2,8H,1H2. The first-order valence-electron chi connectivity index (χ1n) is 1.84. The van der Waals surface area contributed by atoms with Gasteiger partial charge in [0.25, 0.3) is 0 Å². The summed E-state index contributed by atoms with van der Waals surface area (Å²) in [4.78, 5) is 0. The molecule has 0 aliphatic carbocycles. The third-order valence-corrected chi connectivity index (χ3v) is 1.31. The van der Waals surface area contributed by atoms with Gasteiger partial charge in [-0.1, -0.05) is 34.8 Å². The SMILES string of the molecule is [N]CC(O)C(Cl)(Cl)Cl. The van der Waals surface area contributed by atoms with Gasteiger partial charge in [-0.15, -0.1) is 5.73 Å². The van der Waals surface area contributed by atoms with Crippen LogP contribution in [0.2, 0.25) is 0 Å². The second-order valence-electron chi connectivity index (χ2n) is 1.24. The van der Waals surface area contributed by atoms with Gasteiger partial charge < -0.3 is 5.11 Å². The molecule has 2 radical (unpaired) electrons. The van der Waals surface area contributed by atoms with Crippen LogP contribution in [0.15, 0.2) is 0 Å². The number of aliphatic hydroxyl groups is 1. The van der Waals surface area contributed by atoms with E-state index in [0.717, 1.165) is 0 Å². The molecule has 8 heavy (non-hydrogen) atoms. The Morgan fingerprint density at radius 3 is 1.88 bits per heavy atom. The van der Waals surface area contributed by atoms with Gasteiger partial charge >= 0.3 is 0 Å². The molecule has 0 fully saturated rings. The van der Waals surface area contributed by atoms with Crippen molar-refractivity contribution in [1.29, 1.82) is 0 Å². The number of alkyl halides is 3. The predicted octanol–water partition coefficient (Wildman–Crippen LogP) is 0.786. The minimum atomic E-state index is -1.77. The maximum atomic E-state index is 8.55. The van der Waals surface area contributed by atoms with Gasteiger partial charge in [0.15, 0.2) is 0 Å². The number of rotatable bonds is 1. The van der Waals surface area contributed by atoms with Crippen molar-refractivity contribution in [3.05, 3.63) is 0 Å². The molecule has 48 valence electrons. The third-order valence-electron chi connectivity index (χ3n) is 0.551. The molecule has 2 nitrogen and oxygen atoms in total. The summed E-state index contributed by atoms with van der Waals surface area (Å²) in [6.07, 6.45) is -1.30. The van der Waals surface area contributed by atoms with Crippen LogP contribution in [0.25, 0.3) is 0 Å². The molecule has 0 amide bonds. The minimum absolute atomic E-state index is 0.545. The van der Waals surface area contributed by atoms with Crippen molar-refractivity contribution in [1.82, 2.24) is 5.73 Å². The van der Waals surface area contributed by atoms with Crippen LogP contribution in [-0.2, 0) is 0 Å². The first-order valence-corrected chi connectivity index (χ1v) is 2.97. The average molecular weight is 176 g/mol. The number of hydrogen-bond acceptors (Lipinski definition) is 1. The summed E-state index contributed by atoms with van der Waals surface area (Å²) in [6, 6.07) is 0. The topological polar surface area (TPSA) is 42.5 Å². The Bertz CT molecular complexity index is 71.4. The Labute approximate surface area is 62.5 Å². The largest absolute Gasteiger partial charge is 0.387 e. The Hall–Kier alpha value is 0.790. The highest BCUT2D eigenvalue weighted by Gasteiger charge is 2.29. The van der Waals surface area contributed by atoms with E-state index in [1.807, 2.05) is 0 Å². The Morgan fingerprint density at radius 1 is 1.50 bits per heavy atom. The minimum Gasteiger partial charge on any atom is -0.387 e. The normalized spacial score (nSPS) is 16.1. The summed E-state index contributed by atoms with van der Waals surface area (Å²) >= 11 is 15.3. The highest BCUT2D eigenvalue weighted by molar-refractivity contribution is 6.68. The number of aliphatic hydroxyl groups excluding tert-OH is 1. The summed E-state index contributed by atoms with van der Waals surface area (Å²) in [7, 11) is 0. The van der Waals surface area contributed by atoms with Crippen LogP contribution in [0.3, 0.4) is 0 Å². The first kappa shape index (κ1) is 8.79. The molecule has 0 aromatic heterocycles. The Balaban J connectivity index is 3.62. The highest BCUT2D eigenvalue weighted by Crippen LogP contribution is 2.29. The van der Waals surface area contributed by atoms with E-state index in [-0.39, 0.29) is 0 Å². The van der Waals surface area contributed by atoms with E-state index >= 15 is 0 Å². The zero-order valence-corrected chi connectivity index (χ0v) is 6.08. The van der Waals surface area contributed by atoms with Crippen LogP contribution in [-0.4, -0.2) is 21.5 Å². The number of hydrogen-bond donors (Lipinski definition) is 1. The van der Waals surface area contributed by atoms with Crippen LogP contribution in [0.4, 0.5) is 0 Å². The van der Waals surface area contributed by atoms with Gasteiger partial charge in [0.05, 0.1) is 6.54 Å². The molecule has 0 heterocycles. The lowest BCUT2D eigenvalue weighted by Crippen LogP contribution is -2.29. The van der Waals surface area contributed by atoms with Crippen molar-refractivity contribution in [2.45, 2.75) is 9.90 Å². The summed E-state index contributed by atoms with van der Waals surface area (Å²) in [5, 5.41) is 8.55. The van der Waals surface area contributed by atoms with Crippen molar-refractivity contribution in [3.8, 4) is 0 Å². The Morgan fingerprint density at radius 2 is 1.88 bits per heavy atom. The van der Waals surface area contributed by atoms with E-state index in [2.05, 4.69) is 0 Å². The summed E-state index contributed by atoms with van der Waals surface area (Å²) in [5.74, 6) is 0. The van der Waals surface area contributed by atoms with Crippen molar-refractivity contribution in [3.63, 3.8) is 0 Å². The molecule has 1 atom stereocenters. The van der Waals surface area contributed by atoms with E-state index in [1.54, 1.807) is 0 Å². The quantitative estimate of drug-likeness (QED) is 0.590. The molecule has 0 bridgehead atoms. The predicted molar refractivity (Wildman–Crippen MR) is 33.3 cm³/mol. The molecular formula is C3H4Cl3NO.